The van der Waals surface area contributed by atoms with Gasteiger partial charge in [-0.1, -0.05) is 25.1 Å². The van der Waals surface area contributed by atoms with Crippen LogP contribution < -0.4 is 5.32 Å². The topological polar surface area (TPSA) is 75.9 Å². The Bertz CT molecular complexity index is 869. The number of nitrogens with zero attached hydrogens (tertiary/aromatic N) is 4. The first-order valence-corrected chi connectivity index (χ1v) is 8.34. The molecular formula is C16H17BrFN5O. The van der Waals surface area contributed by atoms with Gasteiger partial charge in [-0.25, -0.2) is 19.0 Å². The quantitative estimate of drug-likeness (QED) is 0.695. The van der Waals surface area contributed by atoms with Crippen molar-refractivity contribution in [3.8, 4) is 0 Å². The molecule has 0 saturated carbocycles. The smallest absolute Gasteiger partial charge is 0.164 e. The van der Waals surface area contributed by atoms with Gasteiger partial charge in [-0.15, -0.1) is 0 Å². The van der Waals surface area contributed by atoms with Crippen molar-refractivity contribution in [3.05, 3.63) is 46.6 Å². The van der Waals surface area contributed by atoms with Crippen molar-refractivity contribution in [1.82, 2.24) is 19.7 Å². The fraction of sp³-hybridized carbons (Fsp3) is 0.312. The number of hydrogen-bond acceptors (Lipinski definition) is 5. The highest BCUT2D eigenvalue weighted by Gasteiger charge is 2.24. The molecule has 6 nitrogen and oxygen atoms in total. The molecule has 1 aromatic carbocycles. The van der Waals surface area contributed by atoms with Crippen LogP contribution in [0.5, 0.6) is 0 Å². The van der Waals surface area contributed by atoms with Crippen molar-refractivity contribution in [2.45, 2.75) is 25.5 Å². The fourth-order valence-electron chi connectivity index (χ4n) is 2.66. The van der Waals surface area contributed by atoms with Crippen molar-refractivity contribution < 1.29 is 9.50 Å². The van der Waals surface area contributed by atoms with Crippen LogP contribution in [0.25, 0.3) is 11.0 Å². The molecule has 0 aliphatic heterocycles. The maximum absolute atomic E-state index is 14.0. The second-order valence-corrected chi connectivity index (χ2v) is 6.21. The lowest BCUT2D eigenvalue weighted by Gasteiger charge is -2.24. The van der Waals surface area contributed by atoms with Gasteiger partial charge in [0.05, 0.1) is 11.4 Å². The Hall–Kier alpha value is -2.06. The lowest BCUT2D eigenvalue weighted by Crippen LogP contribution is -2.28. The molecule has 0 saturated heterocycles. The van der Waals surface area contributed by atoms with Gasteiger partial charge in [0.1, 0.15) is 28.7 Å². The lowest BCUT2D eigenvalue weighted by molar-refractivity contribution is 0.148. The largest absolute Gasteiger partial charge is 0.386 e. The first-order chi connectivity index (χ1) is 11.5. The van der Waals surface area contributed by atoms with Crippen molar-refractivity contribution in [3.63, 3.8) is 0 Å². The molecule has 0 bridgehead atoms. The van der Waals surface area contributed by atoms with E-state index in [1.54, 1.807) is 29.9 Å². The second-order valence-electron chi connectivity index (χ2n) is 5.46. The van der Waals surface area contributed by atoms with E-state index in [1.165, 1.54) is 12.4 Å². The van der Waals surface area contributed by atoms with Gasteiger partial charge in [-0.3, -0.25) is 0 Å². The molecule has 0 radical (unpaired) electrons. The highest BCUT2D eigenvalue weighted by molar-refractivity contribution is 9.10. The Balaban J connectivity index is 1.95. The predicted molar refractivity (Wildman–Crippen MR) is 93.1 cm³/mol. The zero-order chi connectivity index (χ0) is 17.3. The molecule has 3 aromatic rings. The Morgan fingerprint density at radius 2 is 2.08 bits per heavy atom. The molecule has 2 atom stereocenters. The van der Waals surface area contributed by atoms with Gasteiger partial charge in [0, 0.05) is 12.6 Å². The van der Waals surface area contributed by atoms with Gasteiger partial charge in [0.2, 0.25) is 0 Å². The second kappa shape index (κ2) is 6.82. The average molecular weight is 394 g/mol. The zero-order valence-electron chi connectivity index (χ0n) is 13.2. The number of anilines is 1. The minimum absolute atomic E-state index is 0.257. The van der Waals surface area contributed by atoms with E-state index in [-0.39, 0.29) is 5.56 Å². The van der Waals surface area contributed by atoms with Crippen LogP contribution in [0.15, 0.2) is 35.2 Å². The van der Waals surface area contributed by atoms with E-state index in [4.69, 9.17) is 0 Å². The van der Waals surface area contributed by atoms with Crippen LogP contribution in [0.2, 0.25) is 0 Å². The standard InChI is InChI=1S/C16H17BrFN5O/c1-3-11(13(24)9-6-4-5-7-10(9)18)21-15-12-14(17)22-23(2)16(12)20-8-19-15/h4-8,11,13,24H,3H2,1-2H3,(H,19,20,21)/t11-,13-/m1/s1. The summed E-state index contributed by atoms with van der Waals surface area (Å²) in [5, 5.41) is 18.8. The molecule has 8 heteroatoms. The van der Waals surface area contributed by atoms with Crippen molar-refractivity contribution in [2.75, 3.05) is 5.32 Å². The molecule has 0 fully saturated rings. The van der Waals surface area contributed by atoms with Gasteiger partial charge < -0.3 is 10.4 Å². The normalized spacial score (nSPS) is 13.9. The van der Waals surface area contributed by atoms with E-state index in [9.17, 15) is 9.50 Å². The molecule has 2 heterocycles. The van der Waals surface area contributed by atoms with Crippen LogP contribution in [0.1, 0.15) is 25.0 Å². The van der Waals surface area contributed by atoms with Crippen LogP contribution in [0.3, 0.4) is 0 Å². The van der Waals surface area contributed by atoms with Crippen LogP contribution in [-0.4, -0.2) is 30.9 Å². The molecular weight excluding hydrogens is 377 g/mol. The van der Waals surface area contributed by atoms with Crippen LogP contribution in [0.4, 0.5) is 10.2 Å². The predicted octanol–water partition coefficient (Wildman–Crippen LogP) is 3.19. The van der Waals surface area contributed by atoms with E-state index < -0.39 is 18.0 Å². The first kappa shape index (κ1) is 16.8. The molecule has 2 N–H and O–H groups in total. The third-order valence-corrected chi connectivity index (χ3v) is 4.50. The Morgan fingerprint density at radius 3 is 2.79 bits per heavy atom. The maximum Gasteiger partial charge on any atom is 0.164 e. The highest BCUT2D eigenvalue weighted by atomic mass is 79.9. The zero-order valence-corrected chi connectivity index (χ0v) is 14.8. The summed E-state index contributed by atoms with van der Waals surface area (Å²) in [5.41, 5.74) is 0.919. The SMILES string of the molecule is CC[C@@H](Nc1ncnc2c1c(Br)nn2C)[C@H](O)c1ccccc1F. The molecule has 0 spiro atoms. The van der Waals surface area contributed by atoms with Gasteiger partial charge in [-0.2, -0.15) is 5.10 Å². The van der Waals surface area contributed by atoms with E-state index in [0.717, 1.165) is 5.39 Å². The van der Waals surface area contributed by atoms with Gasteiger partial charge >= 0.3 is 0 Å². The molecule has 0 unspecified atom stereocenters. The Morgan fingerprint density at radius 1 is 1.33 bits per heavy atom. The van der Waals surface area contributed by atoms with Crippen LogP contribution >= 0.6 is 15.9 Å². The monoisotopic (exact) mass is 393 g/mol. The van der Waals surface area contributed by atoms with Crippen LogP contribution in [0, 0.1) is 5.82 Å². The number of rotatable bonds is 5. The number of aryl methyl sites for hydroxylation is 1. The number of hydrogen-bond donors (Lipinski definition) is 2. The molecule has 0 amide bonds. The van der Waals surface area contributed by atoms with E-state index in [1.807, 2.05) is 6.92 Å². The van der Waals surface area contributed by atoms with Gasteiger partial charge in [0.15, 0.2) is 5.65 Å². The number of fused-ring (bicyclic) bond motifs is 1. The third kappa shape index (κ3) is 2.99. The summed E-state index contributed by atoms with van der Waals surface area (Å²) in [7, 11) is 1.79. The molecule has 0 aliphatic carbocycles. The minimum atomic E-state index is -1.00. The first-order valence-electron chi connectivity index (χ1n) is 7.55. The molecule has 126 valence electrons. The summed E-state index contributed by atoms with van der Waals surface area (Å²) in [6.45, 7) is 1.92. The van der Waals surface area contributed by atoms with E-state index >= 15 is 0 Å². The maximum atomic E-state index is 14.0. The summed E-state index contributed by atoms with van der Waals surface area (Å²) in [6.07, 6.45) is 1.01. The average Bonchev–Trinajstić information content (AvgIpc) is 2.88. The van der Waals surface area contributed by atoms with E-state index in [0.29, 0.717) is 22.5 Å². The molecule has 2 aromatic heterocycles. The summed E-state index contributed by atoms with van der Waals surface area (Å²) < 4.78 is 16.2. The molecule has 0 aliphatic rings. The Labute approximate surface area is 146 Å². The summed E-state index contributed by atoms with van der Waals surface area (Å²) in [4.78, 5) is 8.47. The van der Waals surface area contributed by atoms with Gasteiger partial charge in [0.25, 0.3) is 0 Å². The molecule has 24 heavy (non-hydrogen) atoms. The number of aromatic nitrogens is 4. The molecule has 3 rings (SSSR count). The number of nitrogens with one attached hydrogen (secondary N) is 1. The number of halogens is 2. The summed E-state index contributed by atoms with van der Waals surface area (Å²) in [5.74, 6) is 0.114. The fourth-order valence-corrected chi connectivity index (χ4v) is 3.26. The van der Waals surface area contributed by atoms with Crippen LogP contribution in [-0.2, 0) is 7.05 Å². The van der Waals surface area contributed by atoms with Crippen molar-refractivity contribution in [1.29, 1.82) is 0 Å². The summed E-state index contributed by atoms with van der Waals surface area (Å²) >= 11 is 3.40. The minimum Gasteiger partial charge on any atom is -0.386 e. The van der Waals surface area contributed by atoms with E-state index in [2.05, 4.69) is 36.3 Å². The lowest BCUT2D eigenvalue weighted by atomic mass is 9.99. The number of aliphatic hydroxyl groups excluding tert-OH is 1. The third-order valence-electron chi connectivity index (χ3n) is 3.94. The number of aliphatic hydroxyl groups is 1. The van der Waals surface area contributed by atoms with Crippen molar-refractivity contribution in [2.24, 2.45) is 7.05 Å². The summed E-state index contributed by atoms with van der Waals surface area (Å²) in [6, 6.07) is 5.81. The van der Waals surface area contributed by atoms with Gasteiger partial charge in [-0.05, 0) is 28.4 Å². The Kier molecular flexibility index (Phi) is 4.77. The number of benzene rings is 1. The highest BCUT2D eigenvalue weighted by Crippen LogP contribution is 2.30. The van der Waals surface area contributed by atoms with Crippen molar-refractivity contribution >= 4 is 32.8 Å².